The predicted molar refractivity (Wildman–Crippen MR) is 145 cm³/mol. The maximum Gasteiger partial charge on any atom is 0.160 e. The molecule has 0 radical (unpaired) electrons. The second kappa shape index (κ2) is 10.7. The first kappa shape index (κ1) is 23.1. The number of benzene rings is 4. The highest BCUT2D eigenvalue weighted by Gasteiger charge is 2.53. The zero-order valence-corrected chi connectivity index (χ0v) is 20.3. The minimum atomic E-state index is -0.715. The van der Waals surface area contributed by atoms with Crippen LogP contribution in [0.1, 0.15) is 49.3 Å². The topological polar surface area (TPSA) is 24.8 Å². The van der Waals surface area contributed by atoms with Gasteiger partial charge in [-0.05, 0) is 35.7 Å². The first-order chi connectivity index (χ1) is 17.4. The summed E-state index contributed by atoms with van der Waals surface area (Å²) in [5.74, 6) is 0. The van der Waals surface area contributed by atoms with Crippen molar-refractivity contribution in [3.8, 4) is 0 Å². The van der Waals surface area contributed by atoms with Gasteiger partial charge in [0, 0.05) is 5.56 Å². The van der Waals surface area contributed by atoms with Gasteiger partial charge < -0.3 is 0 Å². The van der Waals surface area contributed by atoms with Crippen molar-refractivity contribution in [1.29, 1.82) is 0 Å². The zero-order chi connectivity index (χ0) is 23.9. The fraction of sp³-hybridized carbons (Fsp3) is 0.219. The van der Waals surface area contributed by atoms with Crippen molar-refractivity contribution in [1.82, 2.24) is 0 Å². The third-order valence-electron chi connectivity index (χ3n) is 6.62. The van der Waals surface area contributed by atoms with Gasteiger partial charge in [-0.25, -0.2) is 10.1 Å². The molecule has 4 aromatic rings. The zero-order valence-electron chi connectivity index (χ0n) is 20.3. The molecule has 1 aliphatic heterocycles. The van der Waals surface area contributed by atoms with Crippen LogP contribution < -0.4 is 5.06 Å². The van der Waals surface area contributed by atoms with Crippen LogP contribution in [0.4, 0.5) is 11.4 Å². The number of fused-ring (bicyclic) bond motifs is 1. The molecule has 3 nitrogen and oxygen atoms in total. The normalized spacial score (nSPS) is 15.3. The second-order valence-corrected chi connectivity index (χ2v) is 8.94. The van der Waals surface area contributed by atoms with Gasteiger partial charge in [0.15, 0.2) is 5.54 Å². The monoisotopic (exact) mass is 460 g/mol. The van der Waals surface area contributed by atoms with Gasteiger partial charge in [0.2, 0.25) is 0 Å². The number of rotatable bonds is 9. The standard InChI is InChI=1S/C32H32N2O/c1-2-3-4-16-25-35-34-30-24-15-14-23-29(30)31(33-28-21-12-7-13-22-28)32(34,26-17-8-5-9-18-26)27-19-10-6-11-20-27/h5-15,17-24H,2-4,16,25H2,1H3. The fourth-order valence-electron chi connectivity index (χ4n) is 4.98. The van der Waals surface area contributed by atoms with E-state index in [-0.39, 0.29) is 0 Å². The van der Waals surface area contributed by atoms with Crippen LogP contribution in [-0.4, -0.2) is 12.3 Å². The Balaban J connectivity index is 1.75. The molecule has 0 saturated heterocycles. The number of nitrogens with zero attached hydrogens (tertiary/aromatic N) is 2. The molecule has 0 aliphatic carbocycles. The van der Waals surface area contributed by atoms with Crippen molar-refractivity contribution in [3.63, 3.8) is 0 Å². The van der Waals surface area contributed by atoms with Gasteiger partial charge in [0.1, 0.15) is 0 Å². The Bertz CT molecular complexity index is 1210. The lowest BCUT2D eigenvalue weighted by Crippen LogP contribution is -2.49. The summed E-state index contributed by atoms with van der Waals surface area (Å²) in [7, 11) is 0. The number of hydrogen-bond acceptors (Lipinski definition) is 3. The summed E-state index contributed by atoms with van der Waals surface area (Å²) in [5.41, 5.74) is 5.59. The van der Waals surface area contributed by atoms with E-state index in [2.05, 4.69) is 109 Å². The fourth-order valence-corrected chi connectivity index (χ4v) is 4.98. The molecule has 1 heterocycles. The molecule has 0 aromatic heterocycles. The Morgan fingerprint density at radius 1 is 0.657 bits per heavy atom. The average Bonchev–Trinajstić information content (AvgIpc) is 3.20. The minimum Gasteiger partial charge on any atom is -0.272 e. The third kappa shape index (κ3) is 4.40. The van der Waals surface area contributed by atoms with Gasteiger partial charge in [0.05, 0.1) is 23.7 Å². The quantitative estimate of drug-likeness (QED) is 0.236. The highest BCUT2D eigenvalue weighted by atomic mass is 16.7. The van der Waals surface area contributed by atoms with Gasteiger partial charge in [0.25, 0.3) is 0 Å². The summed E-state index contributed by atoms with van der Waals surface area (Å²) >= 11 is 0. The van der Waals surface area contributed by atoms with E-state index in [9.17, 15) is 0 Å². The maximum atomic E-state index is 6.72. The number of hydrogen-bond donors (Lipinski definition) is 0. The smallest absolute Gasteiger partial charge is 0.160 e. The highest BCUT2D eigenvalue weighted by Crippen LogP contribution is 2.50. The van der Waals surface area contributed by atoms with E-state index in [1.165, 1.54) is 19.3 Å². The van der Waals surface area contributed by atoms with E-state index in [1.54, 1.807) is 0 Å². The Labute approximate surface area is 208 Å². The van der Waals surface area contributed by atoms with Gasteiger partial charge in [-0.15, -0.1) is 0 Å². The van der Waals surface area contributed by atoms with Crippen molar-refractivity contribution in [3.05, 3.63) is 132 Å². The molecule has 3 heteroatoms. The van der Waals surface area contributed by atoms with Crippen molar-refractivity contribution >= 4 is 17.1 Å². The molecule has 0 unspecified atom stereocenters. The average molecular weight is 461 g/mol. The molecule has 0 atom stereocenters. The van der Waals surface area contributed by atoms with Crippen LogP contribution in [0.25, 0.3) is 0 Å². The van der Waals surface area contributed by atoms with Crippen LogP contribution in [0.15, 0.2) is 120 Å². The molecular weight excluding hydrogens is 428 g/mol. The van der Waals surface area contributed by atoms with Crippen molar-refractivity contribution in [2.24, 2.45) is 4.99 Å². The SMILES string of the molecule is CCCCCCON1c2ccccc2C(=Nc2ccccc2)C1(c1ccccc1)c1ccccc1. The largest absolute Gasteiger partial charge is 0.272 e. The van der Waals surface area contributed by atoms with E-state index in [0.717, 1.165) is 40.2 Å². The van der Waals surface area contributed by atoms with Crippen LogP contribution >= 0.6 is 0 Å². The summed E-state index contributed by atoms with van der Waals surface area (Å²) in [6, 6.07) is 40.0. The van der Waals surface area contributed by atoms with Crippen LogP contribution in [0, 0.1) is 0 Å². The number of para-hydroxylation sites is 2. The molecule has 0 saturated carbocycles. The minimum absolute atomic E-state index is 0.661. The van der Waals surface area contributed by atoms with Gasteiger partial charge >= 0.3 is 0 Å². The van der Waals surface area contributed by atoms with E-state index in [0.29, 0.717) is 6.61 Å². The second-order valence-electron chi connectivity index (χ2n) is 8.94. The molecular formula is C32H32N2O. The maximum absolute atomic E-state index is 6.72. The summed E-state index contributed by atoms with van der Waals surface area (Å²) in [6.07, 6.45) is 4.62. The third-order valence-corrected chi connectivity index (χ3v) is 6.62. The molecule has 0 bridgehead atoms. The molecule has 1 aliphatic rings. The van der Waals surface area contributed by atoms with E-state index in [1.807, 2.05) is 18.2 Å². The van der Waals surface area contributed by atoms with Crippen molar-refractivity contribution in [2.45, 2.75) is 38.1 Å². The highest BCUT2D eigenvalue weighted by molar-refractivity contribution is 6.19. The summed E-state index contributed by atoms with van der Waals surface area (Å²) in [6.45, 7) is 2.90. The van der Waals surface area contributed by atoms with E-state index >= 15 is 0 Å². The summed E-state index contributed by atoms with van der Waals surface area (Å²) in [5, 5.41) is 2.13. The number of aliphatic imine (C=N–C) groups is 1. The first-order valence-corrected chi connectivity index (χ1v) is 12.6. The number of anilines is 1. The summed E-state index contributed by atoms with van der Waals surface area (Å²) in [4.78, 5) is 12.0. The Morgan fingerprint density at radius 3 is 1.86 bits per heavy atom. The number of hydroxylamine groups is 1. The van der Waals surface area contributed by atoms with Gasteiger partial charge in [-0.3, -0.25) is 4.84 Å². The van der Waals surface area contributed by atoms with E-state index in [4.69, 9.17) is 9.83 Å². The lowest BCUT2D eigenvalue weighted by Gasteiger charge is -2.40. The summed E-state index contributed by atoms with van der Waals surface area (Å²) < 4.78 is 0. The molecule has 0 fully saturated rings. The van der Waals surface area contributed by atoms with E-state index < -0.39 is 5.54 Å². The van der Waals surface area contributed by atoms with Crippen molar-refractivity contribution < 1.29 is 4.84 Å². The lowest BCUT2D eigenvalue weighted by molar-refractivity contribution is 0.0802. The molecule has 176 valence electrons. The molecule has 5 rings (SSSR count). The molecule has 0 spiro atoms. The molecule has 35 heavy (non-hydrogen) atoms. The van der Waals surface area contributed by atoms with Crippen LogP contribution in [-0.2, 0) is 10.4 Å². The Morgan fingerprint density at radius 2 is 1.23 bits per heavy atom. The number of unbranched alkanes of at least 4 members (excludes halogenated alkanes) is 3. The Kier molecular flexibility index (Phi) is 7.06. The van der Waals surface area contributed by atoms with Gasteiger partial charge in [-0.1, -0.05) is 123 Å². The predicted octanol–water partition coefficient (Wildman–Crippen LogP) is 8.08. The van der Waals surface area contributed by atoms with Crippen LogP contribution in [0.2, 0.25) is 0 Å². The first-order valence-electron chi connectivity index (χ1n) is 12.6. The van der Waals surface area contributed by atoms with Gasteiger partial charge in [-0.2, -0.15) is 0 Å². The van der Waals surface area contributed by atoms with Crippen LogP contribution in [0.5, 0.6) is 0 Å². The molecule has 0 N–H and O–H groups in total. The Hall–Kier alpha value is -3.69. The molecule has 4 aromatic carbocycles. The lowest BCUT2D eigenvalue weighted by atomic mass is 9.78. The van der Waals surface area contributed by atoms with Crippen molar-refractivity contribution in [2.75, 3.05) is 11.7 Å². The van der Waals surface area contributed by atoms with Crippen LogP contribution in [0.3, 0.4) is 0 Å². The molecule has 0 amide bonds.